The lowest BCUT2D eigenvalue weighted by Crippen LogP contribution is -2.14. The number of carbonyl (C=O) groups is 1. The van der Waals surface area contributed by atoms with Gasteiger partial charge in [0.2, 0.25) is 0 Å². The molecular weight excluding hydrogens is 356 g/mol. The molecule has 0 radical (unpaired) electrons. The quantitative estimate of drug-likeness (QED) is 0.447. The van der Waals surface area contributed by atoms with Gasteiger partial charge in [-0.3, -0.25) is 4.79 Å². The van der Waals surface area contributed by atoms with E-state index >= 15 is 0 Å². The average Bonchev–Trinajstić information content (AvgIpc) is 3.18. The Bertz CT molecular complexity index is 631. The Balaban J connectivity index is 1.72. The number of unbranched alkanes of at least 4 members (excludes halogenated alkanes) is 1. The van der Waals surface area contributed by atoms with Crippen molar-refractivity contribution in [1.82, 2.24) is 9.55 Å². The smallest absolute Gasteiger partial charge is 0.306 e. The second kappa shape index (κ2) is 12.6. The van der Waals surface area contributed by atoms with Crippen molar-refractivity contribution in [3.8, 4) is 0 Å². The second-order valence-electron chi connectivity index (χ2n) is 7.07. The number of benzene rings is 1. The van der Waals surface area contributed by atoms with E-state index in [0.717, 1.165) is 44.4 Å². The third kappa shape index (κ3) is 8.65. The van der Waals surface area contributed by atoms with Crippen LogP contribution in [0.3, 0.4) is 0 Å². The van der Waals surface area contributed by atoms with Gasteiger partial charge in [0, 0.05) is 24.2 Å². The fourth-order valence-corrected chi connectivity index (χ4v) is 4.60. The highest BCUT2D eigenvalue weighted by atomic mass is 32.2. The van der Waals surface area contributed by atoms with Crippen LogP contribution in [-0.4, -0.2) is 31.6 Å². The summed E-state index contributed by atoms with van der Waals surface area (Å²) in [6.45, 7) is 2.95. The predicted molar refractivity (Wildman–Crippen MR) is 113 cm³/mol. The number of aliphatic carboxylic acids is 1. The van der Waals surface area contributed by atoms with Crippen LogP contribution in [0.25, 0.3) is 0 Å². The van der Waals surface area contributed by atoms with Crippen molar-refractivity contribution in [2.45, 2.75) is 63.7 Å². The van der Waals surface area contributed by atoms with E-state index in [1.54, 1.807) is 0 Å². The monoisotopic (exact) mass is 388 g/mol. The highest BCUT2D eigenvalue weighted by molar-refractivity contribution is 7.99. The van der Waals surface area contributed by atoms with Gasteiger partial charge < -0.3 is 9.67 Å². The number of carboxylic acid groups (broad SMARTS) is 1. The van der Waals surface area contributed by atoms with Crippen LogP contribution in [0.2, 0.25) is 0 Å². The molecule has 0 bridgehead atoms. The van der Waals surface area contributed by atoms with Gasteiger partial charge in [-0.25, -0.2) is 4.98 Å². The number of imidazole rings is 1. The Hall–Kier alpha value is -1.75. The van der Waals surface area contributed by atoms with E-state index in [-0.39, 0.29) is 5.92 Å². The van der Waals surface area contributed by atoms with Gasteiger partial charge in [-0.1, -0.05) is 43.7 Å². The molecule has 4 nitrogen and oxygen atoms in total. The molecule has 2 atom stereocenters. The zero-order valence-corrected chi connectivity index (χ0v) is 17.1. The van der Waals surface area contributed by atoms with Crippen molar-refractivity contribution in [2.75, 3.05) is 5.75 Å². The lowest BCUT2D eigenvalue weighted by molar-refractivity contribution is -0.142. The van der Waals surface area contributed by atoms with E-state index in [1.807, 2.05) is 37.4 Å². The molecule has 0 saturated heterocycles. The summed E-state index contributed by atoms with van der Waals surface area (Å²) in [7, 11) is 0. The van der Waals surface area contributed by atoms with Gasteiger partial charge in [-0.05, 0) is 49.8 Å². The largest absolute Gasteiger partial charge is 0.481 e. The van der Waals surface area contributed by atoms with E-state index in [2.05, 4.69) is 39.9 Å². The minimum absolute atomic E-state index is 0.178. The van der Waals surface area contributed by atoms with Crippen molar-refractivity contribution >= 4 is 17.7 Å². The molecule has 148 valence electrons. The minimum atomic E-state index is -0.649. The highest BCUT2D eigenvalue weighted by Gasteiger charge is 2.14. The molecule has 27 heavy (non-hydrogen) atoms. The minimum Gasteiger partial charge on any atom is -0.481 e. The molecule has 0 aliphatic carbocycles. The lowest BCUT2D eigenvalue weighted by atomic mass is 10.00. The van der Waals surface area contributed by atoms with Crippen LogP contribution in [0.4, 0.5) is 0 Å². The van der Waals surface area contributed by atoms with Crippen LogP contribution >= 0.6 is 11.8 Å². The number of hydrogen-bond donors (Lipinski definition) is 1. The van der Waals surface area contributed by atoms with Gasteiger partial charge in [0.1, 0.15) is 0 Å². The molecule has 0 aliphatic rings. The Kier molecular flexibility index (Phi) is 10.1. The van der Waals surface area contributed by atoms with Crippen molar-refractivity contribution in [3.05, 3.63) is 54.6 Å². The highest BCUT2D eigenvalue weighted by Crippen LogP contribution is 2.22. The van der Waals surface area contributed by atoms with Gasteiger partial charge >= 0.3 is 5.97 Å². The van der Waals surface area contributed by atoms with Gasteiger partial charge in [-0.2, -0.15) is 11.8 Å². The number of aromatic nitrogens is 2. The van der Waals surface area contributed by atoms with E-state index in [4.69, 9.17) is 5.11 Å². The van der Waals surface area contributed by atoms with Gasteiger partial charge in [0.25, 0.3) is 0 Å². The molecule has 1 aromatic heterocycles. The Labute approximate surface area is 167 Å². The number of aryl methyl sites for hydroxylation is 1. The molecule has 1 heterocycles. The molecular formula is C22H32N2O2S. The molecule has 0 aliphatic heterocycles. The summed E-state index contributed by atoms with van der Waals surface area (Å²) in [5.41, 5.74) is 1.41. The molecule has 0 saturated carbocycles. The standard InChI is InChI=1S/C22H32N2O2S/c1-2-20(22(25)26)12-6-7-16-27-21(17-24-15-14-23-18-24)13-8-11-19-9-4-3-5-10-19/h3-5,9-10,14-15,18,20-21H,2,6-8,11-13,16-17H2,1H3,(H,25,26). The lowest BCUT2D eigenvalue weighted by Gasteiger charge is -2.17. The molecule has 1 N–H and O–H groups in total. The van der Waals surface area contributed by atoms with Crippen LogP contribution in [-0.2, 0) is 17.8 Å². The normalized spacial score (nSPS) is 13.4. The first-order valence-corrected chi connectivity index (χ1v) is 11.1. The third-order valence-electron chi connectivity index (χ3n) is 4.95. The fraction of sp³-hybridized carbons (Fsp3) is 0.545. The summed E-state index contributed by atoms with van der Waals surface area (Å²) >= 11 is 2.03. The first-order chi connectivity index (χ1) is 13.2. The molecule has 2 aromatic rings. The summed E-state index contributed by atoms with van der Waals surface area (Å²) in [6.07, 6.45) is 12.9. The molecule has 0 spiro atoms. The van der Waals surface area contributed by atoms with Gasteiger partial charge in [-0.15, -0.1) is 0 Å². The summed E-state index contributed by atoms with van der Waals surface area (Å²) in [6, 6.07) is 10.7. The summed E-state index contributed by atoms with van der Waals surface area (Å²) in [5, 5.41) is 9.71. The summed E-state index contributed by atoms with van der Waals surface area (Å²) < 4.78 is 2.16. The van der Waals surface area contributed by atoms with Gasteiger partial charge in [0.15, 0.2) is 0 Å². The van der Waals surface area contributed by atoms with Crippen molar-refractivity contribution < 1.29 is 9.90 Å². The van der Waals surface area contributed by atoms with Crippen LogP contribution in [0.15, 0.2) is 49.1 Å². The van der Waals surface area contributed by atoms with Crippen molar-refractivity contribution in [1.29, 1.82) is 0 Å². The Morgan fingerprint density at radius 3 is 2.67 bits per heavy atom. The molecule has 0 fully saturated rings. The Morgan fingerprint density at radius 1 is 1.19 bits per heavy atom. The Morgan fingerprint density at radius 2 is 2.00 bits per heavy atom. The van der Waals surface area contributed by atoms with E-state index in [9.17, 15) is 4.79 Å². The molecule has 5 heteroatoms. The zero-order valence-electron chi connectivity index (χ0n) is 16.3. The van der Waals surface area contributed by atoms with Crippen LogP contribution in [0, 0.1) is 5.92 Å². The number of thioether (sulfide) groups is 1. The first-order valence-electron chi connectivity index (χ1n) is 10.0. The van der Waals surface area contributed by atoms with Crippen LogP contribution in [0.5, 0.6) is 0 Å². The maximum atomic E-state index is 11.1. The number of rotatable bonds is 14. The SMILES string of the molecule is CCC(CCCCSC(CCCc1ccccc1)Cn1ccnc1)C(=O)O. The topological polar surface area (TPSA) is 55.1 Å². The third-order valence-corrected chi connectivity index (χ3v) is 6.33. The van der Waals surface area contributed by atoms with Crippen molar-refractivity contribution in [3.63, 3.8) is 0 Å². The predicted octanol–water partition coefficient (Wildman–Crippen LogP) is 5.29. The number of hydrogen-bond acceptors (Lipinski definition) is 3. The summed E-state index contributed by atoms with van der Waals surface area (Å²) in [4.78, 5) is 15.3. The van der Waals surface area contributed by atoms with Crippen LogP contribution < -0.4 is 0 Å². The number of nitrogens with zero attached hydrogens (tertiary/aromatic N) is 2. The maximum Gasteiger partial charge on any atom is 0.306 e. The number of carboxylic acids is 1. The molecule has 2 unspecified atom stereocenters. The fourth-order valence-electron chi connectivity index (χ4n) is 3.28. The zero-order chi connectivity index (χ0) is 19.3. The van der Waals surface area contributed by atoms with Gasteiger partial charge in [0.05, 0.1) is 12.2 Å². The molecule has 2 rings (SSSR count). The first kappa shape index (κ1) is 21.5. The molecule has 0 amide bonds. The molecule has 1 aromatic carbocycles. The summed E-state index contributed by atoms with van der Waals surface area (Å²) in [5.74, 6) is 0.271. The van der Waals surface area contributed by atoms with E-state index in [1.165, 1.54) is 18.4 Å². The maximum absolute atomic E-state index is 11.1. The average molecular weight is 389 g/mol. The second-order valence-corrected chi connectivity index (χ2v) is 8.48. The van der Waals surface area contributed by atoms with Crippen molar-refractivity contribution in [2.24, 2.45) is 5.92 Å². The van der Waals surface area contributed by atoms with E-state index in [0.29, 0.717) is 5.25 Å². The van der Waals surface area contributed by atoms with Crippen LogP contribution in [0.1, 0.15) is 51.0 Å². The van der Waals surface area contributed by atoms with E-state index < -0.39 is 5.97 Å².